The number of hydrogen-bond donors (Lipinski definition) is 3. The largest absolute Gasteiger partial charge is 0.432 e. The molecule has 2 aliphatic heterocycles. The van der Waals surface area contributed by atoms with Gasteiger partial charge in [-0.3, -0.25) is 9.59 Å². The summed E-state index contributed by atoms with van der Waals surface area (Å²) in [4.78, 5) is 38.2. The van der Waals surface area contributed by atoms with Crippen molar-refractivity contribution in [3.05, 3.63) is 59.7 Å². The van der Waals surface area contributed by atoms with Crippen LogP contribution >= 0.6 is 0 Å². The van der Waals surface area contributed by atoms with Crippen LogP contribution in [-0.4, -0.2) is 42.7 Å². The number of nitrogens with zero attached hydrogens (tertiary/aromatic N) is 1. The molecule has 7 nitrogen and oxygen atoms in total. The van der Waals surface area contributed by atoms with Gasteiger partial charge in [-0.15, -0.1) is 0 Å². The minimum atomic E-state index is -2.69. The summed E-state index contributed by atoms with van der Waals surface area (Å²) in [6.07, 6.45) is -0.000997. The van der Waals surface area contributed by atoms with Gasteiger partial charge < -0.3 is 24.9 Å². The second-order valence-electron chi connectivity index (χ2n) is 9.66. The average molecular weight is 469 g/mol. The zero-order valence-corrected chi connectivity index (χ0v) is 20.5. The second-order valence-corrected chi connectivity index (χ2v) is 13.6. The fourth-order valence-electron chi connectivity index (χ4n) is 5.67. The Morgan fingerprint density at radius 3 is 2.45 bits per heavy atom. The lowest BCUT2D eigenvalue weighted by molar-refractivity contribution is -0.146. The number of carbonyl (C=O) groups is 2. The number of hydrogen-bond acceptors (Lipinski definition) is 5. The molecule has 3 N–H and O–H groups in total. The summed E-state index contributed by atoms with van der Waals surface area (Å²) < 4.78 is 6.55. The average Bonchev–Trinajstić information content (AvgIpc) is 3.17. The number of rotatable bonds is 6. The smallest absolute Gasteiger partial charge is 0.264 e. The lowest BCUT2D eigenvalue weighted by atomic mass is 9.82. The van der Waals surface area contributed by atoms with Crippen molar-refractivity contribution >= 4 is 31.5 Å². The molecule has 2 heterocycles. The summed E-state index contributed by atoms with van der Waals surface area (Å²) in [5.41, 5.74) is 1.90. The van der Waals surface area contributed by atoms with Gasteiger partial charge in [0.1, 0.15) is 0 Å². The van der Waals surface area contributed by atoms with E-state index in [1.807, 2.05) is 68.5 Å². The van der Waals surface area contributed by atoms with E-state index in [1.165, 1.54) is 6.92 Å². The van der Waals surface area contributed by atoms with Crippen LogP contribution in [0.1, 0.15) is 31.4 Å². The van der Waals surface area contributed by atoms with Gasteiger partial charge in [-0.2, -0.15) is 0 Å². The van der Waals surface area contributed by atoms with Crippen molar-refractivity contribution < 1.29 is 24.2 Å². The maximum atomic E-state index is 14.1. The van der Waals surface area contributed by atoms with Crippen LogP contribution < -0.4 is 10.2 Å². The maximum Gasteiger partial charge on any atom is 0.264 e. The summed E-state index contributed by atoms with van der Waals surface area (Å²) in [7, 11) is -2.69. The van der Waals surface area contributed by atoms with Gasteiger partial charge in [0.2, 0.25) is 5.91 Å². The van der Waals surface area contributed by atoms with Gasteiger partial charge in [0.05, 0.1) is 18.3 Å². The Bertz CT molecular complexity index is 1050. The summed E-state index contributed by atoms with van der Waals surface area (Å²) >= 11 is 0. The zero-order chi connectivity index (χ0) is 24.0. The summed E-state index contributed by atoms with van der Waals surface area (Å²) in [6, 6.07) is 15.1. The first kappa shape index (κ1) is 23.6. The molecule has 8 heteroatoms. The van der Waals surface area contributed by atoms with Crippen LogP contribution in [0.2, 0.25) is 18.6 Å². The molecule has 33 heavy (non-hydrogen) atoms. The molecule has 0 unspecified atom stereocenters. The highest BCUT2D eigenvalue weighted by Gasteiger charge is 2.65. The summed E-state index contributed by atoms with van der Waals surface area (Å²) in [5, 5.41) is 12.4. The highest BCUT2D eigenvalue weighted by molar-refractivity contribution is 6.71. The minimum absolute atomic E-state index is 0.0609. The van der Waals surface area contributed by atoms with Crippen LogP contribution in [0.5, 0.6) is 0 Å². The molecule has 0 bridgehead atoms. The number of aliphatic hydroxyl groups is 1. The van der Waals surface area contributed by atoms with Crippen LogP contribution in [0.4, 0.5) is 11.4 Å². The predicted molar refractivity (Wildman–Crippen MR) is 129 cm³/mol. The number of amides is 2. The third-order valence-electron chi connectivity index (χ3n) is 6.92. The molecule has 4 atom stereocenters. The van der Waals surface area contributed by atoms with E-state index in [0.717, 1.165) is 16.8 Å². The Labute approximate surface area is 195 Å². The number of carbonyl (C=O) groups excluding carboxylic acids is 2. The van der Waals surface area contributed by atoms with Gasteiger partial charge in [-0.1, -0.05) is 37.3 Å². The Kier molecular flexibility index (Phi) is 6.22. The molecule has 0 saturated carbocycles. The standard InChI is InChI=1S/C25H32N2O5Si/c1-16-23(33(3,4)31)22(13-14-28)32-25(16)20-7-5-6-8-21(20)27(24(25)30)15-18-9-11-19(12-10-18)26-17(2)29/h5-12,16,22-23,28,31H,13-15H2,1-4H3,(H,26,29)/t16-,22+,23-,25+/m1/s1. The molecule has 1 fully saturated rings. The van der Waals surface area contributed by atoms with E-state index in [1.54, 1.807) is 4.90 Å². The minimum Gasteiger partial charge on any atom is -0.432 e. The van der Waals surface area contributed by atoms with E-state index in [2.05, 4.69) is 5.32 Å². The molecule has 0 radical (unpaired) electrons. The van der Waals surface area contributed by atoms with Crippen LogP contribution in [-0.2, 0) is 26.5 Å². The first-order chi connectivity index (χ1) is 15.6. The normalized spacial score (nSPS) is 26.7. The summed E-state index contributed by atoms with van der Waals surface area (Å²) in [5.74, 6) is -0.504. The molecule has 1 saturated heterocycles. The molecule has 176 valence electrons. The van der Waals surface area contributed by atoms with Crippen molar-refractivity contribution in [1.82, 2.24) is 0 Å². The number of benzene rings is 2. The molecule has 1 spiro atoms. The van der Waals surface area contributed by atoms with Crippen molar-refractivity contribution in [1.29, 1.82) is 0 Å². The Morgan fingerprint density at radius 2 is 1.85 bits per heavy atom. The van der Waals surface area contributed by atoms with Gasteiger partial charge in [0.25, 0.3) is 5.91 Å². The van der Waals surface area contributed by atoms with E-state index in [9.17, 15) is 19.5 Å². The van der Waals surface area contributed by atoms with Crippen molar-refractivity contribution in [2.24, 2.45) is 5.92 Å². The SMILES string of the molecule is CC(=O)Nc1ccc(CN2C(=O)[C@@]3(O[C@@H](CCO)[C@H]([Si](C)(C)O)[C@H]3C)c3ccccc32)cc1. The van der Waals surface area contributed by atoms with Crippen LogP contribution in [0, 0.1) is 5.92 Å². The van der Waals surface area contributed by atoms with E-state index in [-0.39, 0.29) is 36.0 Å². The third kappa shape index (κ3) is 4.01. The lowest BCUT2D eigenvalue weighted by Crippen LogP contribution is -2.46. The Balaban J connectivity index is 1.71. The fraction of sp³-hybridized carbons (Fsp3) is 0.440. The summed E-state index contributed by atoms with van der Waals surface area (Å²) in [6.45, 7) is 7.51. The number of fused-ring (bicyclic) bond motifs is 2. The fourth-order valence-corrected chi connectivity index (χ4v) is 8.27. The number of anilines is 2. The first-order valence-corrected chi connectivity index (χ1v) is 14.4. The number of aliphatic hydroxyl groups excluding tert-OH is 1. The van der Waals surface area contributed by atoms with Gasteiger partial charge in [-0.25, -0.2) is 0 Å². The van der Waals surface area contributed by atoms with Gasteiger partial charge >= 0.3 is 0 Å². The molecule has 2 aromatic rings. The molecule has 2 aliphatic rings. The van der Waals surface area contributed by atoms with Gasteiger partial charge in [0.15, 0.2) is 13.9 Å². The topological polar surface area (TPSA) is 99.1 Å². The molecule has 4 rings (SSSR count). The number of ether oxygens (including phenoxy) is 1. The highest BCUT2D eigenvalue weighted by atomic mass is 28.4. The van der Waals surface area contributed by atoms with Crippen molar-refractivity contribution in [2.75, 3.05) is 16.8 Å². The van der Waals surface area contributed by atoms with Crippen LogP contribution in [0.15, 0.2) is 48.5 Å². The molecule has 0 aromatic heterocycles. The van der Waals surface area contributed by atoms with E-state index in [4.69, 9.17) is 4.74 Å². The second kappa shape index (κ2) is 8.68. The van der Waals surface area contributed by atoms with Crippen molar-refractivity contribution in [3.63, 3.8) is 0 Å². The highest BCUT2D eigenvalue weighted by Crippen LogP contribution is 2.59. The third-order valence-corrected chi connectivity index (χ3v) is 9.42. The van der Waals surface area contributed by atoms with Gasteiger partial charge in [-0.05, 0) is 43.3 Å². The lowest BCUT2D eigenvalue weighted by Gasteiger charge is -2.32. The van der Waals surface area contributed by atoms with Crippen molar-refractivity contribution in [2.45, 2.75) is 57.2 Å². The van der Waals surface area contributed by atoms with E-state index < -0.39 is 13.9 Å². The number of para-hydroxylation sites is 1. The van der Waals surface area contributed by atoms with Crippen molar-refractivity contribution in [3.8, 4) is 0 Å². The first-order valence-electron chi connectivity index (χ1n) is 11.4. The molecule has 2 aromatic carbocycles. The number of nitrogens with one attached hydrogen (secondary N) is 1. The Hall–Kier alpha value is -2.52. The van der Waals surface area contributed by atoms with Gasteiger partial charge in [0, 0.05) is 36.2 Å². The van der Waals surface area contributed by atoms with E-state index in [0.29, 0.717) is 18.7 Å². The molecule has 0 aliphatic carbocycles. The van der Waals surface area contributed by atoms with Crippen LogP contribution in [0.3, 0.4) is 0 Å². The molecular formula is C25H32N2O5Si. The quantitative estimate of drug-likeness (QED) is 0.565. The van der Waals surface area contributed by atoms with E-state index >= 15 is 0 Å². The molecular weight excluding hydrogens is 436 g/mol. The Morgan fingerprint density at radius 1 is 1.18 bits per heavy atom. The maximum absolute atomic E-state index is 14.1. The van der Waals surface area contributed by atoms with Crippen LogP contribution in [0.25, 0.3) is 0 Å². The zero-order valence-electron chi connectivity index (χ0n) is 19.5. The predicted octanol–water partition coefficient (Wildman–Crippen LogP) is 3.37. The monoisotopic (exact) mass is 468 g/mol. The molecule has 2 amide bonds.